The number of benzene rings is 2. The minimum absolute atomic E-state index is 0. The molecule has 2 rings (SSSR count). The van der Waals surface area contributed by atoms with Crippen LogP contribution in [-0.4, -0.2) is 46.0 Å². The van der Waals surface area contributed by atoms with Gasteiger partial charge in [-0.2, -0.15) is 8.78 Å². The highest BCUT2D eigenvalue weighted by atomic mass is 127. The van der Waals surface area contributed by atoms with Gasteiger partial charge in [-0.15, -0.1) is 24.0 Å². The molecule has 0 aliphatic carbocycles. The van der Waals surface area contributed by atoms with E-state index in [1.54, 1.807) is 19.2 Å². The molecule has 1 unspecified atom stereocenters. The van der Waals surface area contributed by atoms with Crippen LogP contribution in [0.2, 0.25) is 0 Å². The number of aliphatic imine (C=N–C) groups is 1. The van der Waals surface area contributed by atoms with Gasteiger partial charge in [0.05, 0.1) is 27.3 Å². The largest absolute Gasteiger partial charge is 0.493 e. The van der Waals surface area contributed by atoms with Gasteiger partial charge in [-0.1, -0.05) is 18.2 Å². The number of nitrogens with zero attached hydrogens (tertiary/aromatic N) is 1. The number of nitrogens with one attached hydrogen (secondary N) is 2. The van der Waals surface area contributed by atoms with Crippen LogP contribution in [-0.2, 0) is 6.54 Å². The number of hydrogen-bond acceptors (Lipinski definition) is 5. The Labute approximate surface area is 204 Å². The normalized spacial score (nSPS) is 11.9. The lowest BCUT2D eigenvalue weighted by atomic mass is 10.2. The second kappa shape index (κ2) is 14.5. The van der Waals surface area contributed by atoms with Gasteiger partial charge < -0.3 is 29.6 Å². The lowest BCUT2D eigenvalue weighted by Gasteiger charge is -2.19. The Morgan fingerprint density at radius 3 is 2.22 bits per heavy atom. The van der Waals surface area contributed by atoms with E-state index in [4.69, 9.17) is 14.2 Å². The monoisotopic (exact) mass is 565 g/mol. The molecule has 178 valence electrons. The number of guanidine groups is 1. The Morgan fingerprint density at radius 1 is 0.938 bits per heavy atom. The number of methoxy groups -OCH3 is 2. The molecule has 0 spiro atoms. The van der Waals surface area contributed by atoms with Gasteiger partial charge in [-0.3, -0.25) is 0 Å². The number of para-hydroxylation sites is 2. The Balaban J connectivity index is 0.00000512. The molecule has 0 heterocycles. The molecular weight excluding hydrogens is 535 g/mol. The Morgan fingerprint density at radius 2 is 1.59 bits per heavy atom. The summed E-state index contributed by atoms with van der Waals surface area (Å²) in [6.07, 6.45) is -0.160. The minimum Gasteiger partial charge on any atom is -0.493 e. The van der Waals surface area contributed by atoms with Gasteiger partial charge in [0, 0.05) is 6.54 Å². The first-order valence-corrected chi connectivity index (χ1v) is 9.90. The first-order valence-electron chi connectivity index (χ1n) is 9.90. The van der Waals surface area contributed by atoms with E-state index in [9.17, 15) is 8.78 Å². The fourth-order valence-corrected chi connectivity index (χ4v) is 2.73. The molecule has 0 aliphatic heterocycles. The van der Waals surface area contributed by atoms with Gasteiger partial charge in [0.15, 0.2) is 29.0 Å². The fourth-order valence-electron chi connectivity index (χ4n) is 2.73. The van der Waals surface area contributed by atoms with Gasteiger partial charge >= 0.3 is 6.61 Å². The van der Waals surface area contributed by atoms with Crippen molar-refractivity contribution in [1.82, 2.24) is 10.6 Å². The van der Waals surface area contributed by atoms with Crippen molar-refractivity contribution in [3.8, 4) is 23.0 Å². The average molecular weight is 565 g/mol. The highest BCUT2D eigenvalue weighted by molar-refractivity contribution is 14.0. The van der Waals surface area contributed by atoms with Gasteiger partial charge in [-0.25, -0.2) is 4.99 Å². The molecule has 2 aromatic carbocycles. The van der Waals surface area contributed by atoms with E-state index in [1.807, 2.05) is 38.1 Å². The third-order valence-corrected chi connectivity index (χ3v) is 4.16. The maximum atomic E-state index is 12.6. The topological polar surface area (TPSA) is 73.3 Å². The predicted octanol–water partition coefficient (Wildman–Crippen LogP) is 4.45. The summed E-state index contributed by atoms with van der Waals surface area (Å²) in [7, 11) is 2.99. The Hall–Kier alpha value is -2.50. The van der Waals surface area contributed by atoms with E-state index in [-0.39, 0.29) is 48.1 Å². The first kappa shape index (κ1) is 27.5. The second-order valence-electron chi connectivity index (χ2n) is 6.52. The maximum absolute atomic E-state index is 12.6. The molecule has 1 atom stereocenters. The van der Waals surface area contributed by atoms with Crippen molar-refractivity contribution in [2.24, 2.45) is 4.99 Å². The molecule has 0 saturated carbocycles. The van der Waals surface area contributed by atoms with Crippen LogP contribution in [0, 0.1) is 0 Å². The fraction of sp³-hybridized carbons (Fsp3) is 0.409. The van der Waals surface area contributed by atoms with Crippen molar-refractivity contribution in [2.75, 3.05) is 27.3 Å². The highest BCUT2D eigenvalue weighted by Gasteiger charge is 2.12. The molecule has 2 aromatic rings. The van der Waals surface area contributed by atoms with Crippen molar-refractivity contribution >= 4 is 29.9 Å². The lowest BCUT2D eigenvalue weighted by molar-refractivity contribution is -0.0512. The van der Waals surface area contributed by atoms with Gasteiger partial charge in [0.2, 0.25) is 0 Å². The van der Waals surface area contributed by atoms with Crippen LogP contribution in [0.5, 0.6) is 23.0 Å². The average Bonchev–Trinajstić information content (AvgIpc) is 2.75. The molecular formula is C22H30F2IN3O4. The molecule has 0 saturated heterocycles. The number of alkyl halides is 2. The van der Waals surface area contributed by atoms with E-state index < -0.39 is 6.61 Å². The molecule has 32 heavy (non-hydrogen) atoms. The van der Waals surface area contributed by atoms with Crippen LogP contribution in [0.1, 0.15) is 19.4 Å². The van der Waals surface area contributed by atoms with Crippen molar-refractivity contribution in [1.29, 1.82) is 0 Å². The van der Waals surface area contributed by atoms with Crippen LogP contribution in [0.4, 0.5) is 8.78 Å². The third-order valence-electron chi connectivity index (χ3n) is 4.16. The zero-order valence-corrected chi connectivity index (χ0v) is 20.9. The molecule has 0 bridgehead atoms. The van der Waals surface area contributed by atoms with E-state index in [0.717, 1.165) is 0 Å². The Kier molecular flexibility index (Phi) is 12.5. The van der Waals surface area contributed by atoms with Gasteiger partial charge in [-0.05, 0) is 43.7 Å². The third kappa shape index (κ3) is 8.93. The summed E-state index contributed by atoms with van der Waals surface area (Å²) < 4.78 is 46.0. The van der Waals surface area contributed by atoms with Crippen LogP contribution < -0.4 is 29.6 Å². The van der Waals surface area contributed by atoms with Crippen LogP contribution in [0.25, 0.3) is 0 Å². The molecule has 0 radical (unpaired) electrons. The van der Waals surface area contributed by atoms with Crippen molar-refractivity contribution in [3.05, 3.63) is 48.0 Å². The van der Waals surface area contributed by atoms with Crippen LogP contribution in [0.15, 0.2) is 47.5 Å². The Bertz CT molecular complexity index is 856. The smallest absolute Gasteiger partial charge is 0.387 e. The zero-order valence-electron chi connectivity index (χ0n) is 18.6. The summed E-state index contributed by atoms with van der Waals surface area (Å²) in [5.74, 6) is 2.11. The summed E-state index contributed by atoms with van der Waals surface area (Å²) in [4.78, 5) is 4.50. The van der Waals surface area contributed by atoms with Gasteiger partial charge in [0.25, 0.3) is 0 Å². The van der Waals surface area contributed by atoms with E-state index in [1.165, 1.54) is 13.2 Å². The molecule has 0 aromatic heterocycles. The lowest BCUT2D eigenvalue weighted by Crippen LogP contribution is -2.41. The van der Waals surface area contributed by atoms with Gasteiger partial charge in [0.1, 0.15) is 6.10 Å². The summed E-state index contributed by atoms with van der Waals surface area (Å²) in [6.45, 7) is 2.37. The van der Waals surface area contributed by atoms with Crippen LogP contribution >= 0.6 is 24.0 Å². The zero-order chi connectivity index (χ0) is 22.6. The van der Waals surface area contributed by atoms with E-state index in [2.05, 4.69) is 20.4 Å². The number of halogens is 3. The second-order valence-corrected chi connectivity index (χ2v) is 6.52. The van der Waals surface area contributed by atoms with Crippen molar-refractivity contribution in [3.63, 3.8) is 0 Å². The minimum atomic E-state index is -2.93. The molecule has 10 heteroatoms. The summed E-state index contributed by atoms with van der Waals surface area (Å²) >= 11 is 0. The summed E-state index contributed by atoms with van der Waals surface area (Å²) in [6, 6.07) is 12.3. The number of ether oxygens (including phenoxy) is 4. The highest BCUT2D eigenvalue weighted by Crippen LogP contribution is 2.30. The standard InChI is InChI=1S/C22H29F2N3O4.HI/c1-5-25-22(26-13-15(2)30-19-9-7-6-8-17(19)28-3)27-14-16-10-11-18(29-4)20(12-16)31-21(23)24;/h6-12,15,21H,5,13-14H2,1-4H3,(H2,25,26,27);1H. The summed E-state index contributed by atoms with van der Waals surface area (Å²) in [5, 5.41) is 6.36. The SMILES string of the molecule is CCNC(=NCc1ccc(OC)c(OC(F)F)c1)NCC(C)Oc1ccccc1OC.I. The predicted molar refractivity (Wildman–Crippen MR) is 131 cm³/mol. The molecule has 0 amide bonds. The van der Waals surface area contributed by atoms with Crippen molar-refractivity contribution < 1.29 is 27.7 Å². The molecule has 0 aliphatic rings. The van der Waals surface area contributed by atoms with Crippen LogP contribution in [0.3, 0.4) is 0 Å². The van der Waals surface area contributed by atoms with Crippen molar-refractivity contribution in [2.45, 2.75) is 33.1 Å². The van der Waals surface area contributed by atoms with E-state index >= 15 is 0 Å². The maximum Gasteiger partial charge on any atom is 0.387 e. The number of hydrogen-bond donors (Lipinski definition) is 2. The molecule has 0 fully saturated rings. The molecule has 7 nitrogen and oxygen atoms in total. The first-order chi connectivity index (χ1) is 15.0. The molecule has 2 N–H and O–H groups in total. The number of rotatable bonds is 11. The summed E-state index contributed by atoms with van der Waals surface area (Å²) in [5.41, 5.74) is 0.701. The quantitative estimate of drug-likeness (QED) is 0.239. The van der Waals surface area contributed by atoms with E-state index in [0.29, 0.717) is 36.1 Å².